The minimum absolute atomic E-state index is 0.0754. The molecule has 0 saturated heterocycles. The zero-order valence-electron chi connectivity index (χ0n) is 65.9. The van der Waals surface area contributed by atoms with E-state index in [1.54, 1.807) is 0 Å². The molecule has 0 aliphatic rings. The Morgan fingerprint density at radius 2 is 0.500 bits per heavy atom. The predicted octanol–water partition coefficient (Wildman–Crippen LogP) is 24.3. The van der Waals surface area contributed by atoms with Crippen LogP contribution in [-0.2, 0) is 65.4 Å². The summed E-state index contributed by atoms with van der Waals surface area (Å²) in [7, 11) is -9.96. The highest BCUT2D eigenvalue weighted by Gasteiger charge is 2.30. The molecule has 0 aliphatic carbocycles. The lowest BCUT2D eigenvalue weighted by Gasteiger charge is -2.21. The zero-order chi connectivity index (χ0) is 76.0. The highest BCUT2D eigenvalue weighted by Crippen LogP contribution is 2.45. The molecule has 19 heteroatoms. The van der Waals surface area contributed by atoms with Crippen LogP contribution in [0.25, 0.3) is 0 Å². The first-order chi connectivity index (χ1) is 50.7. The fourth-order valence-corrected chi connectivity index (χ4v) is 12.8. The third kappa shape index (κ3) is 76.2. The van der Waals surface area contributed by atoms with Crippen LogP contribution in [0.3, 0.4) is 0 Å². The molecule has 0 aromatic rings. The Morgan fingerprint density at radius 3 is 0.788 bits per heavy atom. The number of rotatable bonds is 78. The highest BCUT2D eigenvalue weighted by molar-refractivity contribution is 7.47. The average molecular weight is 1510 g/mol. The molecule has 0 bridgehead atoms. The van der Waals surface area contributed by atoms with Gasteiger partial charge in [0.2, 0.25) is 0 Å². The van der Waals surface area contributed by atoms with E-state index >= 15 is 0 Å². The Bertz CT molecular complexity index is 2350. The molecule has 0 fully saturated rings. The van der Waals surface area contributed by atoms with Crippen molar-refractivity contribution in [1.29, 1.82) is 0 Å². The number of ether oxygens (including phenoxy) is 4. The van der Waals surface area contributed by atoms with Crippen LogP contribution in [-0.4, -0.2) is 96.7 Å². The number of allylic oxidation sites excluding steroid dienone is 16. The van der Waals surface area contributed by atoms with Crippen LogP contribution in [0.4, 0.5) is 0 Å². The van der Waals surface area contributed by atoms with Gasteiger partial charge in [-0.05, 0) is 128 Å². The number of aliphatic hydroxyl groups is 1. The Labute approximate surface area is 633 Å². The number of carbonyl (C=O) groups is 4. The van der Waals surface area contributed by atoms with Gasteiger partial charge in [0.1, 0.15) is 19.3 Å². The van der Waals surface area contributed by atoms with Gasteiger partial charge in [0.15, 0.2) is 12.2 Å². The molecule has 104 heavy (non-hydrogen) atoms. The molecule has 5 atom stereocenters. The molecule has 3 N–H and O–H groups in total. The van der Waals surface area contributed by atoms with E-state index in [-0.39, 0.29) is 25.7 Å². The molecule has 0 aromatic heterocycles. The molecule has 17 nitrogen and oxygen atoms in total. The van der Waals surface area contributed by atoms with Crippen molar-refractivity contribution in [3.8, 4) is 0 Å². The molecule has 602 valence electrons. The molecule has 0 aromatic carbocycles. The minimum Gasteiger partial charge on any atom is -0.462 e. The molecule has 5 unspecified atom stereocenters. The SMILES string of the molecule is CC/C=C\C/C=C\C/C=C\CCCCCCCC(=O)OCC(COP(=O)(O)OCC(O)COP(=O)(O)OCC(COC(=O)CCCCCCCC/C=C\C/C=C\C/C=C\CCCCC)OC(=O)CCCCCCCCCCCCCCCCC)OC(=O)CCCCCCC/C=C\C/C=C\CCCCC. The molecule has 0 heterocycles. The van der Waals surface area contributed by atoms with Gasteiger partial charge in [-0.2, -0.15) is 0 Å². The second-order valence-electron chi connectivity index (χ2n) is 27.7. The second kappa shape index (κ2) is 77.1. The number of hydrogen-bond acceptors (Lipinski definition) is 15. The first kappa shape index (κ1) is 100.0. The summed E-state index contributed by atoms with van der Waals surface area (Å²) in [5, 5.41) is 10.7. The van der Waals surface area contributed by atoms with E-state index in [1.165, 1.54) is 103 Å². The van der Waals surface area contributed by atoms with Crippen LogP contribution in [0.2, 0.25) is 0 Å². The van der Waals surface area contributed by atoms with E-state index in [0.717, 1.165) is 180 Å². The van der Waals surface area contributed by atoms with Crippen LogP contribution in [0, 0.1) is 0 Å². The third-order valence-electron chi connectivity index (χ3n) is 17.5. The van der Waals surface area contributed by atoms with E-state index in [2.05, 4.69) is 125 Å². The topological polar surface area (TPSA) is 237 Å². The van der Waals surface area contributed by atoms with Crippen molar-refractivity contribution in [3.05, 3.63) is 97.2 Å². The lowest BCUT2D eigenvalue weighted by molar-refractivity contribution is -0.161. The number of carbonyl (C=O) groups excluding carboxylic acids is 4. The van der Waals surface area contributed by atoms with Crippen LogP contribution < -0.4 is 0 Å². The molecule has 0 aliphatic heterocycles. The van der Waals surface area contributed by atoms with Gasteiger partial charge in [0.25, 0.3) is 0 Å². The second-order valence-corrected chi connectivity index (χ2v) is 30.6. The Hall–Kier alpha value is -4.02. The first-order valence-electron chi connectivity index (χ1n) is 41.5. The molecule has 0 spiro atoms. The van der Waals surface area contributed by atoms with Crippen molar-refractivity contribution in [2.45, 2.75) is 380 Å². The van der Waals surface area contributed by atoms with Crippen molar-refractivity contribution >= 4 is 39.5 Å². The fourth-order valence-electron chi connectivity index (χ4n) is 11.2. The molecular formula is C85H150O17P2. The minimum atomic E-state index is -4.98. The standard InChI is InChI=1S/C85H150O17P2/c1-5-9-13-17-21-25-29-33-37-38-39-40-44-46-50-54-58-62-66-70-83(88)96-76-81(102-85(90)72-68-64-60-56-52-48-43-36-32-28-24-20-16-12-8-4)78-100-104(93,94)98-74-79(86)73-97-103(91,92)99-77-80(101-84(89)71-67-63-59-55-51-47-42-35-31-27-23-19-15-11-7-3)75-95-82(87)69-65-61-57-53-49-45-41-34-30-26-22-18-14-10-6-2/h10,14,21-23,25-27,33-35,37,39-42,79-81,86H,5-9,11-13,15-20,24,28-32,36,38,43-78H2,1-4H3,(H,91,92)(H,93,94)/b14-10-,25-21-,26-22-,27-23-,37-33-,40-39-,41-34-,42-35-. The van der Waals surface area contributed by atoms with Crippen LogP contribution in [0.1, 0.15) is 362 Å². The summed E-state index contributed by atoms with van der Waals surface area (Å²) in [5.74, 6) is -2.20. The fraction of sp³-hybridized carbons (Fsp3) is 0.765. The van der Waals surface area contributed by atoms with Gasteiger partial charge in [0, 0.05) is 25.7 Å². The van der Waals surface area contributed by atoms with Crippen molar-refractivity contribution in [2.75, 3.05) is 39.6 Å². The number of aliphatic hydroxyl groups excluding tert-OH is 1. The monoisotopic (exact) mass is 1510 g/mol. The van der Waals surface area contributed by atoms with E-state index in [1.807, 2.05) is 0 Å². The maximum atomic E-state index is 13.1. The quantitative estimate of drug-likeness (QED) is 0.0169. The summed E-state index contributed by atoms with van der Waals surface area (Å²) >= 11 is 0. The largest absolute Gasteiger partial charge is 0.472 e. The molecule has 0 radical (unpaired) electrons. The smallest absolute Gasteiger partial charge is 0.462 e. The van der Waals surface area contributed by atoms with Crippen molar-refractivity contribution in [1.82, 2.24) is 0 Å². The zero-order valence-corrected chi connectivity index (χ0v) is 67.7. The van der Waals surface area contributed by atoms with E-state index in [9.17, 15) is 43.2 Å². The van der Waals surface area contributed by atoms with E-state index in [0.29, 0.717) is 25.7 Å². The maximum Gasteiger partial charge on any atom is 0.472 e. The number of esters is 4. The summed E-state index contributed by atoms with van der Waals surface area (Å²) in [5.41, 5.74) is 0. The Kier molecular flexibility index (Phi) is 74.2. The third-order valence-corrected chi connectivity index (χ3v) is 19.4. The Balaban J connectivity index is 5.37. The average Bonchev–Trinajstić information content (AvgIpc) is 0.912. The Morgan fingerprint density at radius 1 is 0.279 bits per heavy atom. The molecule has 0 amide bonds. The lowest BCUT2D eigenvalue weighted by Crippen LogP contribution is -2.30. The number of hydrogen-bond donors (Lipinski definition) is 3. The summed E-state index contributed by atoms with van der Waals surface area (Å²) in [6, 6.07) is 0. The van der Waals surface area contributed by atoms with E-state index < -0.39 is 97.5 Å². The maximum absolute atomic E-state index is 13.1. The van der Waals surface area contributed by atoms with Gasteiger partial charge in [-0.15, -0.1) is 0 Å². The number of unbranched alkanes of at least 4 members (excludes halogenated alkanes) is 36. The van der Waals surface area contributed by atoms with Crippen LogP contribution in [0.5, 0.6) is 0 Å². The van der Waals surface area contributed by atoms with Gasteiger partial charge in [-0.25, -0.2) is 9.13 Å². The molecule has 0 saturated carbocycles. The lowest BCUT2D eigenvalue weighted by atomic mass is 10.0. The van der Waals surface area contributed by atoms with Crippen LogP contribution >= 0.6 is 15.6 Å². The van der Waals surface area contributed by atoms with Gasteiger partial charge in [0.05, 0.1) is 26.4 Å². The highest BCUT2D eigenvalue weighted by atomic mass is 31.2. The summed E-state index contributed by atoms with van der Waals surface area (Å²) in [4.78, 5) is 73.1. The van der Waals surface area contributed by atoms with Gasteiger partial charge >= 0.3 is 39.5 Å². The molecule has 0 rings (SSSR count). The van der Waals surface area contributed by atoms with Crippen molar-refractivity contribution < 1.29 is 80.2 Å². The van der Waals surface area contributed by atoms with E-state index in [4.69, 9.17) is 37.0 Å². The molecular weight excluding hydrogens is 1350 g/mol. The first-order valence-corrected chi connectivity index (χ1v) is 44.5. The van der Waals surface area contributed by atoms with Crippen LogP contribution in [0.15, 0.2) is 97.2 Å². The summed E-state index contributed by atoms with van der Waals surface area (Å²) < 4.78 is 68.7. The van der Waals surface area contributed by atoms with Crippen molar-refractivity contribution in [3.63, 3.8) is 0 Å². The van der Waals surface area contributed by atoms with Gasteiger partial charge < -0.3 is 33.8 Å². The van der Waals surface area contributed by atoms with Gasteiger partial charge in [-0.3, -0.25) is 37.3 Å². The number of phosphoric acid groups is 2. The van der Waals surface area contributed by atoms with Crippen molar-refractivity contribution in [2.24, 2.45) is 0 Å². The number of phosphoric ester groups is 2. The summed E-state index contributed by atoms with van der Waals surface area (Å²) in [6.45, 7) is 4.72. The normalized spacial score (nSPS) is 14.3. The predicted molar refractivity (Wildman–Crippen MR) is 427 cm³/mol. The van der Waals surface area contributed by atoms with Gasteiger partial charge in [-0.1, -0.05) is 305 Å². The summed E-state index contributed by atoms with van der Waals surface area (Å²) in [6.07, 6.45) is 82.2.